The third-order valence-corrected chi connectivity index (χ3v) is 7.28. The number of amides is 3. The van der Waals surface area contributed by atoms with E-state index in [-0.39, 0.29) is 23.3 Å². The van der Waals surface area contributed by atoms with Crippen LogP contribution in [-0.2, 0) is 34.7 Å². The van der Waals surface area contributed by atoms with Crippen LogP contribution in [-0.4, -0.2) is 65.9 Å². The summed E-state index contributed by atoms with van der Waals surface area (Å²) >= 11 is 0. The number of hydrogen-bond acceptors (Lipinski definition) is 5. The van der Waals surface area contributed by atoms with Crippen LogP contribution in [0, 0.1) is 0 Å². The maximum atomic E-state index is 13.1. The van der Waals surface area contributed by atoms with Crippen LogP contribution in [0.5, 0.6) is 0 Å². The summed E-state index contributed by atoms with van der Waals surface area (Å²) in [5.74, 6) is -0.247. The lowest BCUT2D eigenvalue weighted by Crippen LogP contribution is -2.63. The molecule has 0 unspecified atom stereocenters. The maximum absolute atomic E-state index is 13.1. The smallest absolute Gasteiger partial charge is 0.268 e. The minimum atomic E-state index is -0.269. The topological polar surface area (TPSA) is 95.9 Å². The van der Waals surface area contributed by atoms with Crippen molar-refractivity contribution in [3.05, 3.63) is 88.7 Å². The van der Waals surface area contributed by atoms with Crippen molar-refractivity contribution in [3.63, 3.8) is 0 Å². The van der Waals surface area contributed by atoms with Crippen LogP contribution < -0.4 is 10.6 Å². The van der Waals surface area contributed by atoms with Gasteiger partial charge in [0.1, 0.15) is 11.2 Å². The van der Waals surface area contributed by atoms with Crippen molar-refractivity contribution >= 4 is 23.4 Å². The van der Waals surface area contributed by atoms with Crippen LogP contribution >= 0.6 is 0 Å². The highest BCUT2D eigenvalue weighted by Crippen LogP contribution is 2.40. The Kier molecular flexibility index (Phi) is 7.05. The lowest BCUT2D eigenvalue weighted by molar-refractivity contribution is -0.162. The Hall–Kier alpha value is -3.95. The molecule has 0 aliphatic carbocycles. The Morgan fingerprint density at radius 3 is 2.21 bits per heavy atom. The van der Waals surface area contributed by atoms with Gasteiger partial charge < -0.3 is 24.8 Å². The van der Waals surface area contributed by atoms with Crippen molar-refractivity contribution in [3.8, 4) is 0 Å². The Labute approximate surface area is 222 Å². The van der Waals surface area contributed by atoms with E-state index in [4.69, 9.17) is 4.74 Å². The number of benzene rings is 2. The van der Waals surface area contributed by atoms with Crippen LogP contribution in [0.3, 0.4) is 0 Å². The number of carbonyl (C=O) groups is 3. The normalized spacial score (nSPS) is 15.9. The molecular formula is C29H33N5O4. The van der Waals surface area contributed by atoms with Gasteiger partial charge in [-0.25, -0.2) is 0 Å². The fourth-order valence-electron chi connectivity index (χ4n) is 5.18. The van der Waals surface area contributed by atoms with Gasteiger partial charge in [-0.05, 0) is 47.5 Å². The molecule has 9 nitrogen and oxygen atoms in total. The van der Waals surface area contributed by atoms with Gasteiger partial charge in [-0.15, -0.1) is 0 Å². The number of hydrogen-bond donors (Lipinski definition) is 2. The molecule has 5 rings (SSSR count). The van der Waals surface area contributed by atoms with E-state index in [2.05, 4.69) is 20.1 Å². The standard InChI is InChI=1S/C29H33N5O4/c1-20(35)31-24-10-6-21(7-11-24)16-30-27(36)25-12-13-26-29(18-38-19-29)33(14-15-34(25)26)17-22-4-8-23(9-5-22)28(37)32(2)3/h4-13H,14-19H2,1-3H3,(H,30,36)(H,31,35). The zero-order valence-corrected chi connectivity index (χ0v) is 22.0. The quantitative estimate of drug-likeness (QED) is 0.505. The van der Waals surface area contributed by atoms with Crippen molar-refractivity contribution in [2.24, 2.45) is 0 Å². The average molecular weight is 516 g/mol. The van der Waals surface area contributed by atoms with Crippen molar-refractivity contribution in [2.45, 2.75) is 32.1 Å². The van der Waals surface area contributed by atoms with Gasteiger partial charge >= 0.3 is 0 Å². The molecule has 2 aliphatic rings. The number of aromatic nitrogens is 1. The summed E-state index contributed by atoms with van der Waals surface area (Å²) in [6.45, 7) is 5.25. The predicted molar refractivity (Wildman–Crippen MR) is 144 cm³/mol. The Balaban J connectivity index is 1.26. The molecule has 3 heterocycles. The summed E-state index contributed by atoms with van der Waals surface area (Å²) in [5, 5.41) is 5.77. The fraction of sp³-hybridized carbons (Fsp3) is 0.345. The zero-order chi connectivity index (χ0) is 26.9. The second-order valence-electron chi connectivity index (χ2n) is 10.2. The SMILES string of the molecule is CC(=O)Nc1ccc(CNC(=O)c2ccc3n2CCN(Cc2ccc(C(=O)N(C)C)cc2)C32COC2)cc1. The lowest BCUT2D eigenvalue weighted by Gasteiger charge is -2.53. The van der Waals surface area contributed by atoms with Gasteiger partial charge in [-0.2, -0.15) is 0 Å². The first-order chi connectivity index (χ1) is 18.3. The number of nitrogens with one attached hydrogen (secondary N) is 2. The first-order valence-corrected chi connectivity index (χ1v) is 12.7. The van der Waals surface area contributed by atoms with Gasteiger partial charge in [0.15, 0.2) is 0 Å². The first kappa shape index (κ1) is 25.7. The molecule has 3 amide bonds. The predicted octanol–water partition coefficient (Wildman–Crippen LogP) is 2.82. The summed E-state index contributed by atoms with van der Waals surface area (Å²) in [4.78, 5) is 40.6. The summed E-state index contributed by atoms with van der Waals surface area (Å²) in [5.41, 5.74) is 4.96. The minimum absolute atomic E-state index is 0.0102. The van der Waals surface area contributed by atoms with E-state index in [9.17, 15) is 14.4 Å². The van der Waals surface area contributed by atoms with Gasteiger partial charge in [-0.3, -0.25) is 19.3 Å². The van der Waals surface area contributed by atoms with Gasteiger partial charge in [0.25, 0.3) is 11.8 Å². The van der Waals surface area contributed by atoms with E-state index in [0.29, 0.717) is 37.6 Å². The molecule has 1 spiro atoms. The van der Waals surface area contributed by atoms with Crippen molar-refractivity contribution < 1.29 is 19.1 Å². The summed E-state index contributed by atoms with van der Waals surface area (Å²) in [6, 6.07) is 19.2. The molecule has 0 atom stereocenters. The number of carbonyl (C=O) groups excluding carboxylic acids is 3. The monoisotopic (exact) mass is 515 g/mol. The molecule has 1 saturated heterocycles. The largest absolute Gasteiger partial charge is 0.377 e. The maximum Gasteiger partial charge on any atom is 0.268 e. The lowest BCUT2D eigenvalue weighted by atomic mass is 9.88. The molecule has 0 radical (unpaired) electrons. The molecule has 3 aromatic rings. The third-order valence-electron chi connectivity index (χ3n) is 7.28. The van der Waals surface area contributed by atoms with E-state index < -0.39 is 0 Å². The zero-order valence-electron chi connectivity index (χ0n) is 22.0. The van der Waals surface area contributed by atoms with Crippen LogP contribution in [0.4, 0.5) is 5.69 Å². The number of anilines is 1. The van der Waals surface area contributed by atoms with Gasteiger partial charge in [0, 0.05) is 64.1 Å². The van der Waals surface area contributed by atoms with E-state index in [1.54, 1.807) is 19.0 Å². The highest BCUT2D eigenvalue weighted by Gasteiger charge is 2.50. The Morgan fingerprint density at radius 2 is 1.61 bits per heavy atom. The molecule has 198 valence electrons. The summed E-state index contributed by atoms with van der Waals surface area (Å²) in [7, 11) is 3.50. The van der Waals surface area contributed by atoms with Crippen LogP contribution in [0.25, 0.3) is 0 Å². The van der Waals surface area contributed by atoms with Crippen molar-refractivity contribution in [1.29, 1.82) is 0 Å². The molecule has 38 heavy (non-hydrogen) atoms. The van der Waals surface area contributed by atoms with Crippen molar-refractivity contribution in [2.75, 3.05) is 39.2 Å². The summed E-state index contributed by atoms with van der Waals surface area (Å²) < 4.78 is 7.81. The van der Waals surface area contributed by atoms with Crippen molar-refractivity contribution in [1.82, 2.24) is 19.7 Å². The molecule has 9 heteroatoms. The molecule has 2 aliphatic heterocycles. The van der Waals surface area contributed by atoms with E-state index in [0.717, 1.165) is 35.6 Å². The van der Waals surface area contributed by atoms with Gasteiger partial charge in [0.2, 0.25) is 5.91 Å². The first-order valence-electron chi connectivity index (χ1n) is 12.7. The molecule has 1 fully saturated rings. The van der Waals surface area contributed by atoms with Crippen LogP contribution in [0.1, 0.15) is 44.6 Å². The highest BCUT2D eigenvalue weighted by molar-refractivity contribution is 5.94. The molecule has 0 saturated carbocycles. The number of fused-ring (bicyclic) bond motifs is 2. The third kappa shape index (κ3) is 4.94. The van der Waals surface area contributed by atoms with Gasteiger partial charge in [0.05, 0.1) is 13.2 Å². The molecular weight excluding hydrogens is 482 g/mol. The molecule has 2 N–H and O–H groups in total. The molecule has 0 bridgehead atoms. The number of nitrogens with zero attached hydrogens (tertiary/aromatic N) is 3. The van der Waals surface area contributed by atoms with E-state index >= 15 is 0 Å². The van der Waals surface area contributed by atoms with Gasteiger partial charge in [-0.1, -0.05) is 24.3 Å². The van der Waals surface area contributed by atoms with E-state index in [1.807, 2.05) is 60.7 Å². The number of ether oxygens (including phenoxy) is 1. The minimum Gasteiger partial charge on any atom is -0.377 e. The average Bonchev–Trinajstić information content (AvgIpc) is 3.31. The number of rotatable bonds is 7. The Morgan fingerprint density at radius 1 is 0.921 bits per heavy atom. The fourth-order valence-corrected chi connectivity index (χ4v) is 5.18. The summed E-state index contributed by atoms with van der Waals surface area (Å²) in [6.07, 6.45) is 0. The second kappa shape index (κ2) is 10.4. The molecule has 1 aromatic heterocycles. The highest BCUT2D eigenvalue weighted by atomic mass is 16.5. The van der Waals surface area contributed by atoms with E-state index in [1.165, 1.54) is 6.92 Å². The molecule has 2 aromatic carbocycles. The Bertz CT molecular complexity index is 1340. The van der Waals surface area contributed by atoms with Crippen LogP contribution in [0.2, 0.25) is 0 Å². The van der Waals surface area contributed by atoms with Crippen LogP contribution in [0.15, 0.2) is 60.7 Å². The second-order valence-corrected chi connectivity index (χ2v) is 10.2.